The molecule has 1 heterocycles. The third-order valence-corrected chi connectivity index (χ3v) is 4.91. The molecule has 0 saturated heterocycles. The normalized spacial score (nSPS) is 24.4. The monoisotopic (exact) mass is 250 g/mol. The lowest BCUT2D eigenvalue weighted by molar-refractivity contribution is 0.249. The highest BCUT2D eigenvalue weighted by molar-refractivity contribution is 7.99. The lowest BCUT2D eigenvalue weighted by Gasteiger charge is -2.24. The van der Waals surface area contributed by atoms with E-state index in [4.69, 9.17) is 0 Å². The zero-order chi connectivity index (χ0) is 12.1. The average Bonchev–Trinajstić information content (AvgIpc) is 2.86. The van der Waals surface area contributed by atoms with Gasteiger partial charge in [-0.05, 0) is 56.7 Å². The van der Waals surface area contributed by atoms with Crippen molar-refractivity contribution in [3.05, 3.63) is 30.1 Å². The number of aromatic nitrogens is 1. The summed E-state index contributed by atoms with van der Waals surface area (Å²) in [4.78, 5) is 6.59. The zero-order valence-electron chi connectivity index (χ0n) is 10.8. The van der Waals surface area contributed by atoms with Crippen LogP contribution >= 0.6 is 11.8 Å². The Kier molecular flexibility index (Phi) is 4.86. The first-order valence-corrected chi connectivity index (χ1v) is 7.70. The van der Waals surface area contributed by atoms with Crippen molar-refractivity contribution in [1.29, 1.82) is 0 Å². The predicted molar refractivity (Wildman–Crippen MR) is 75.5 cm³/mol. The molecule has 0 bridgehead atoms. The summed E-state index contributed by atoms with van der Waals surface area (Å²) in [6.07, 6.45) is 11.3. The van der Waals surface area contributed by atoms with Crippen LogP contribution in [0.1, 0.15) is 24.8 Å². The van der Waals surface area contributed by atoms with E-state index in [1.807, 2.05) is 24.2 Å². The fourth-order valence-electron chi connectivity index (χ4n) is 2.57. The summed E-state index contributed by atoms with van der Waals surface area (Å²) >= 11 is 2.03. The molecule has 1 aromatic heterocycles. The minimum absolute atomic E-state index is 0.800. The van der Waals surface area contributed by atoms with Gasteiger partial charge < -0.3 is 4.90 Å². The van der Waals surface area contributed by atoms with Crippen molar-refractivity contribution in [1.82, 2.24) is 9.88 Å². The fraction of sp³-hybridized carbons (Fsp3) is 0.643. The zero-order valence-corrected chi connectivity index (χ0v) is 11.6. The topological polar surface area (TPSA) is 16.1 Å². The molecule has 0 aliphatic heterocycles. The second kappa shape index (κ2) is 6.41. The Hall–Kier alpha value is -0.540. The Bertz CT molecular complexity index is 328. The van der Waals surface area contributed by atoms with E-state index in [0.29, 0.717) is 0 Å². The first-order chi connectivity index (χ1) is 8.29. The van der Waals surface area contributed by atoms with Crippen LogP contribution in [0, 0.1) is 0 Å². The summed E-state index contributed by atoms with van der Waals surface area (Å²) in [5.74, 6) is 0. The van der Waals surface area contributed by atoms with Crippen LogP contribution in [-0.2, 0) is 6.42 Å². The van der Waals surface area contributed by atoms with Crippen LogP contribution in [0.2, 0.25) is 0 Å². The maximum atomic E-state index is 4.05. The third kappa shape index (κ3) is 3.71. The van der Waals surface area contributed by atoms with Gasteiger partial charge in [0.05, 0.1) is 0 Å². The van der Waals surface area contributed by atoms with E-state index in [0.717, 1.165) is 24.3 Å². The molecule has 0 aromatic carbocycles. The highest BCUT2D eigenvalue weighted by atomic mass is 32.2. The van der Waals surface area contributed by atoms with E-state index in [9.17, 15) is 0 Å². The number of pyridine rings is 1. The van der Waals surface area contributed by atoms with E-state index < -0.39 is 0 Å². The molecule has 0 N–H and O–H groups in total. The largest absolute Gasteiger partial charge is 0.303 e. The smallest absolute Gasteiger partial charge is 0.0270 e. The van der Waals surface area contributed by atoms with Crippen LogP contribution in [0.5, 0.6) is 0 Å². The van der Waals surface area contributed by atoms with Crippen LogP contribution in [0.25, 0.3) is 0 Å². The van der Waals surface area contributed by atoms with E-state index >= 15 is 0 Å². The van der Waals surface area contributed by atoms with Gasteiger partial charge in [0.25, 0.3) is 0 Å². The van der Waals surface area contributed by atoms with Gasteiger partial charge in [-0.2, -0.15) is 11.8 Å². The van der Waals surface area contributed by atoms with Crippen molar-refractivity contribution in [2.75, 3.05) is 19.8 Å². The summed E-state index contributed by atoms with van der Waals surface area (Å²) in [7, 11) is 2.27. The van der Waals surface area contributed by atoms with E-state index in [1.165, 1.54) is 24.8 Å². The molecule has 0 spiro atoms. The van der Waals surface area contributed by atoms with Gasteiger partial charge in [0.2, 0.25) is 0 Å². The van der Waals surface area contributed by atoms with Gasteiger partial charge in [-0.15, -0.1) is 0 Å². The maximum Gasteiger partial charge on any atom is 0.0270 e. The second-order valence-corrected chi connectivity index (χ2v) is 6.05. The van der Waals surface area contributed by atoms with E-state index in [1.54, 1.807) is 0 Å². The number of likely N-dealkylation sites (N-methyl/N-ethyl adjacent to an activating group) is 1. The van der Waals surface area contributed by atoms with Gasteiger partial charge in [0.1, 0.15) is 0 Å². The molecule has 2 atom stereocenters. The molecule has 1 fully saturated rings. The molecular weight excluding hydrogens is 228 g/mol. The number of thioether (sulfide) groups is 1. The van der Waals surface area contributed by atoms with Crippen molar-refractivity contribution < 1.29 is 0 Å². The van der Waals surface area contributed by atoms with Crippen LogP contribution < -0.4 is 0 Å². The minimum atomic E-state index is 0.800. The van der Waals surface area contributed by atoms with E-state index in [2.05, 4.69) is 35.3 Å². The SMILES string of the molecule is CS[C@@H]1CC[C@H](N(C)CCc2ccncc2)C1. The highest BCUT2D eigenvalue weighted by Gasteiger charge is 2.26. The molecule has 3 heteroatoms. The van der Waals surface area contributed by atoms with E-state index in [-0.39, 0.29) is 0 Å². The highest BCUT2D eigenvalue weighted by Crippen LogP contribution is 2.30. The molecule has 0 radical (unpaired) electrons. The molecule has 2 rings (SSSR count). The Morgan fingerprint density at radius 3 is 2.76 bits per heavy atom. The molecule has 0 unspecified atom stereocenters. The summed E-state index contributed by atoms with van der Waals surface area (Å²) in [5, 5.41) is 0.892. The van der Waals surface area contributed by atoms with Crippen LogP contribution in [-0.4, -0.2) is 41.0 Å². The molecule has 94 valence electrons. The first-order valence-electron chi connectivity index (χ1n) is 6.41. The van der Waals surface area contributed by atoms with Gasteiger partial charge in [0.15, 0.2) is 0 Å². The number of hydrogen-bond acceptors (Lipinski definition) is 3. The maximum absolute atomic E-state index is 4.05. The molecule has 17 heavy (non-hydrogen) atoms. The Morgan fingerprint density at radius 2 is 2.12 bits per heavy atom. The van der Waals surface area contributed by atoms with Gasteiger partial charge >= 0.3 is 0 Å². The molecular formula is C14H22N2S. The van der Waals surface area contributed by atoms with Crippen LogP contribution in [0.15, 0.2) is 24.5 Å². The Balaban J connectivity index is 1.76. The molecule has 1 aromatic rings. The lowest BCUT2D eigenvalue weighted by Crippen LogP contribution is -2.31. The van der Waals surface area contributed by atoms with Gasteiger partial charge in [-0.25, -0.2) is 0 Å². The van der Waals surface area contributed by atoms with Gasteiger partial charge in [-0.1, -0.05) is 0 Å². The molecule has 2 nitrogen and oxygen atoms in total. The molecule has 1 aliphatic carbocycles. The summed E-state index contributed by atoms with van der Waals surface area (Å²) in [6.45, 7) is 1.16. The third-order valence-electron chi connectivity index (χ3n) is 3.82. The van der Waals surface area contributed by atoms with Crippen molar-refractivity contribution in [2.24, 2.45) is 0 Å². The number of rotatable bonds is 5. The standard InChI is InChI=1S/C14H22N2S/c1-16(13-3-4-14(11-13)17-2)10-7-12-5-8-15-9-6-12/h5-6,8-9,13-14H,3-4,7,10-11H2,1-2H3/t13-,14+/m0/s1. The first kappa shape index (κ1) is 12.9. The van der Waals surface area contributed by atoms with Crippen LogP contribution in [0.3, 0.4) is 0 Å². The Morgan fingerprint density at radius 1 is 1.35 bits per heavy atom. The van der Waals surface area contributed by atoms with Crippen molar-refractivity contribution in [3.8, 4) is 0 Å². The summed E-state index contributed by atoms with van der Waals surface area (Å²) < 4.78 is 0. The number of hydrogen-bond donors (Lipinski definition) is 0. The minimum Gasteiger partial charge on any atom is -0.303 e. The predicted octanol–water partition coefficient (Wildman–Crippen LogP) is 2.84. The average molecular weight is 250 g/mol. The van der Waals surface area contributed by atoms with Crippen LogP contribution in [0.4, 0.5) is 0 Å². The Labute approximate surface area is 109 Å². The van der Waals surface area contributed by atoms with Crippen molar-refractivity contribution >= 4 is 11.8 Å². The van der Waals surface area contributed by atoms with Crippen molar-refractivity contribution in [2.45, 2.75) is 37.0 Å². The lowest BCUT2D eigenvalue weighted by atomic mass is 10.1. The summed E-state index contributed by atoms with van der Waals surface area (Å²) in [5.41, 5.74) is 1.39. The van der Waals surface area contributed by atoms with Gasteiger partial charge in [-0.3, -0.25) is 4.98 Å². The quantitative estimate of drug-likeness (QED) is 0.799. The molecule has 1 aliphatic rings. The van der Waals surface area contributed by atoms with Crippen molar-refractivity contribution in [3.63, 3.8) is 0 Å². The second-order valence-electron chi connectivity index (χ2n) is 4.91. The summed E-state index contributed by atoms with van der Waals surface area (Å²) in [6, 6.07) is 5.04. The molecule has 1 saturated carbocycles. The number of nitrogens with zero attached hydrogens (tertiary/aromatic N) is 2. The van der Waals surface area contributed by atoms with Gasteiger partial charge in [0, 0.05) is 30.2 Å². The fourth-order valence-corrected chi connectivity index (χ4v) is 3.36. The molecule has 0 amide bonds.